The molecule has 0 aliphatic heterocycles. The average molecular weight is 398 g/mol. The second-order valence-corrected chi connectivity index (χ2v) is 6.07. The van der Waals surface area contributed by atoms with Crippen molar-refractivity contribution in [2.24, 2.45) is 0 Å². The van der Waals surface area contributed by atoms with Crippen LogP contribution in [0.1, 0.15) is 10.6 Å². The van der Waals surface area contributed by atoms with E-state index in [-0.39, 0.29) is 0 Å². The van der Waals surface area contributed by atoms with E-state index in [0.29, 0.717) is 0 Å². The van der Waals surface area contributed by atoms with Gasteiger partial charge in [-0.05, 0) is 56.9 Å². The summed E-state index contributed by atoms with van der Waals surface area (Å²) in [7, 11) is 0. The Bertz CT molecular complexity index is 492. The van der Waals surface area contributed by atoms with Crippen molar-refractivity contribution in [3.63, 3.8) is 0 Å². The molecule has 15 heavy (non-hydrogen) atoms. The summed E-state index contributed by atoms with van der Waals surface area (Å²) in [5, 5.41) is 6.45. The normalized spacial score (nSPS) is 10.9. The number of aromatic nitrogens is 2. The van der Waals surface area contributed by atoms with Crippen LogP contribution in [0.3, 0.4) is 0 Å². The molecule has 0 spiro atoms. The Kier molecular flexibility index (Phi) is 3.36. The van der Waals surface area contributed by atoms with Crippen LogP contribution in [-0.2, 0) is 6.54 Å². The Morgan fingerprint density at radius 2 is 2.40 bits per heavy atom. The van der Waals surface area contributed by atoms with Gasteiger partial charge in [-0.15, -0.1) is 11.3 Å². The molecule has 0 radical (unpaired) electrons. The molecule has 3 nitrogen and oxygen atoms in total. The van der Waals surface area contributed by atoms with Gasteiger partial charge in [-0.1, -0.05) is 0 Å². The van der Waals surface area contributed by atoms with E-state index in [1.54, 1.807) is 11.3 Å². The van der Waals surface area contributed by atoms with Crippen LogP contribution in [0.25, 0.3) is 0 Å². The highest BCUT2D eigenvalue weighted by Crippen LogP contribution is 2.26. The van der Waals surface area contributed by atoms with E-state index in [0.717, 1.165) is 26.1 Å². The number of rotatable bonds is 2. The van der Waals surface area contributed by atoms with Gasteiger partial charge in [-0.25, -0.2) is 4.68 Å². The molecular weight excluding hydrogens is 389 g/mol. The van der Waals surface area contributed by atoms with Gasteiger partial charge < -0.3 is 5.73 Å². The molecule has 2 aromatic heterocycles. The summed E-state index contributed by atoms with van der Waals surface area (Å²) in [6.07, 6.45) is 0. The van der Waals surface area contributed by atoms with Gasteiger partial charge in [0.15, 0.2) is 0 Å². The topological polar surface area (TPSA) is 43.8 Å². The monoisotopic (exact) mass is 397 g/mol. The molecule has 0 saturated heterocycles. The van der Waals surface area contributed by atoms with Crippen LogP contribution >= 0.6 is 49.9 Å². The zero-order chi connectivity index (χ0) is 11.0. The highest BCUT2D eigenvalue weighted by Gasteiger charge is 2.11. The fourth-order valence-electron chi connectivity index (χ4n) is 1.27. The lowest BCUT2D eigenvalue weighted by molar-refractivity contribution is 0.695. The molecule has 0 aliphatic rings. The molecular formula is C9H9BrIN3S. The first-order valence-electron chi connectivity index (χ1n) is 4.30. The van der Waals surface area contributed by atoms with Gasteiger partial charge in [0.05, 0.1) is 15.8 Å². The van der Waals surface area contributed by atoms with Crippen molar-refractivity contribution in [3.05, 3.63) is 30.1 Å². The molecule has 80 valence electrons. The lowest BCUT2D eigenvalue weighted by Crippen LogP contribution is -2.05. The lowest BCUT2D eigenvalue weighted by atomic mass is 10.4. The minimum atomic E-state index is 0.730. The predicted molar refractivity (Wildman–Crippen MR) is 75.2 cm³/mol. The van der Waals surface area contributed by atoms with Crippen LogP contribution in [0.4, 0.5) is 5.82 Å². The molecule has 2 rings (SSSR count). The molecule has 2 heterocycles. The summed E-state index contributed by atoms with van der Waals surface area (Å²) in [5.74, 6) is 0.744. The first-order chi connectivity index (χ1) is 7.09. The van der Waals surface area contributed by atoms with Gasteiger partial charge in [0, 0.05) is 9.35 Å². The van der Waals surface area contributed by atoms with Crippen molar-refractivity contribution >= 4 is 55.7 Å². The summed E-state index contributed by atoms with van der Waals surface area (Å²) in [6.45, 7) is 2.70. The largest absolute Gasteiger partial charge is 0.383 e. The molecule has 0 amide bonds. The van der Waals surface area contributed by atoms with Crippen molar-refractivity contribution in [2.45, 2.75) is 13.5 Å². The molecule has 0 saturated carbocycles. The van der Waals surface area contributed by atoms with Gasteiger partial charge in [0.25, 0.3) is 0 Å². The number of nitrogens with two attached hydrogens (primary N) is 1. The Morgan fingerprint density at radius 3 is 2.87 bits per heavy atom. The number of halogens is 2. The predicted octanol–water partition coefficient (Wildman–Crippen LogP) is 3.25. The van der Waals surface area contributed by atoms with Gasteiger partial charge in [-0.2, -0.15) is 5.10 Å². The van der Waals surface area contributed by atoms with Crippen LogP contribution in [0.2, 0.25) is 0 Å². The Labute approximate surface area is 114 Å². The van der Waals surface area contributed by atoms with Crippen molar-refractivity contribution in [3.8, 4) is 0 Å². The minimum absolute atomic E-state index is 0.730. The van der Waals surface area contributed by atoms with Crippen molar-refractivity contribution < 1.29 is 0 Å². The third-order valence-corrected chi connectivity index (χ3v) is 5.32. The fourth-order valence-corrected chi connectivity index (χ4v) is 3.12. The van der Waals surface area contributed by atoms with E-state index in [2.05, 4.69) is 49.0 Å². The van der Waals surface area contributed by atoms with Crippen LogP contribution < -0.4 is 5.73 Å². The van der Waals surface area contributed by atoms with Gasteiger partial charge in [0.2, 0.25) is 0 Å². The summed E-state index contributed by atoms with van der Waals surface area (Å²) >= 11 is 7.43. The number of nitrogens with zero attached hydrogens (tertiary/aromatic N) is 2. The first kappa shape index (κ1) is 11.4. The third kappa shape index (κ3) is 2.21. The first-order valence-corrected chi connectivity index (χ1v) is 7.05. The van der Waals surface area contributed by atoms with E-state index in [4.69, 9.17) is 5.73 Å². The number of thiophene rings is 1. The SMILES string of the molecule is Cc1nn(Cc2sccc2Br)c(N)c1I. The molecule has 0 unspecified atom stereocenters. The van der Waals surface area contributed by atoms with Crippen LogP contribution in [0, 0.1) is 10.5 Å². The second kappa shape index (κ2) is 4.42. The maximum absolute atomic E-state index is 5.95. The highest BCUT2D eigenvalue weighted by atomic mass is 127. The maximum Gasteiger partial charge on any atom is 0.135 e. The van der Waals surface area contributed by atoms with E-state index in [1.807, 2.05) is 17.7 Å². The smallest absolute Gasteiger partial charge is 0.135 e. The van der Waals surface area contributed by atoms with Crippen LogP contribution in [0.5, 0.6) is 0 Å². The quantitative estimate of drug-likeness (QED) is 0.790. The highest BCUT2D eigenvalue weighted by molar-refractivity contribution is 14.1. The maximum atomic E-state index is 5.95. The molecule has 0 fully saturated rings. The zero-order valence-electron chi connectivity index (χ0n) is 8.00. The molecule has 0 bridgehead atoms. The number of nitrogen functional groups attached to an aromatic ring is 1. The second-order valence-electron chi connectivity index (χ2n) is 3.13. The van der Waals surface area contributed by atoms with Crippen molar-refractivity contribution in [1.29, 1.82) is 0 Å². The summed E-state index contributed by atoms with van der Waals surface area (Å²) < 4.78 is 4.00. The van der Waals surface area contributed by atoms with Crippen LogP contribution in [0.15, 0.2) is 15.9 Å². The molecule has 6 heteroatoms. The molecule has 2 aromatic rings. The molecule has 0 aromatic carbocycles. The van der Waals surface area contributed by atoms with Crippen molar-refractivity contribution in [2.75, 3.05) is 5.73 Å². The molecule has 2 N–H and O–H groups in total. The van der Waals surface area contributed by atoms with Crippen molar-refractivity contribution in [1.82, 2.24) is 9.78 Å². The summed E-state index contributed by atoms with van der Waals surface area (Å²) in [5.41, 5.74) is 6.94. The van der Waals surface area contributed by atoms with E-state index in [1.165, 1.54) is 4.88 Å². The number of hydrogen-bond donors (Lipinski definition) is 1. The summed E-state index contributed by atoms with van der Waals surface area (Å²) in [4.78, 5) is 1.24. The standard InChI is InChI=1S/C9H9BrIN3S/c1-5-8(11)9(12)14(13-5)4-7-6(10)2-3-15-7/h2-3H,4,12H2,1H3. The minimum Gasteiger partial charge on any atom is -0.383 e. The van der Waals surface area contributed by atoms with E-state index < -0.39 is 0 Å². The fraction of sp³-hybridized carbons (Fsp3) is 0.222. The Morgan fingerprint density at radius 1 is 1.67 bits per heavy atom. The van der Waals surface area contributed by atoms with E-state index in [9.17, 15) is 0 Å². The Hall–Kier alpha value is -0.0800. The third-order valence-electron chi connectivity index (χ3n) is 2.08. The number of anilines is 1. The number of hydrogen-bond acceptors (Lipinski definition) is 3. The van der Waals surface area contributed by atoms with Gasteiger partial charge in [-0.3, -0.25) is 0 Å². The van der Waals surface area contributed by atoms with Gasteiger partial charge >= 0.3 is 0 Å². The molecule has 0 aliphatic carbocycles. The van der Waals surface area contributed by atoms with E-state index >= 15 is 0 Å². The lowest BCUT2D eigenvalue weighted by Gasteiger charge is -2.02. The summed E-state index contributed by atoms with van der Waals surface area (Å²) in [6, 6.07) is 2.04. The Balaban J connectivity index is 2.33. The zero-order valence-corrected chi connectivity index (χ0v) is 12.6. The molecule has 0 atom stereocenters. The average Bonchev–Trinajstić information content (AvgIpc) is 2.69. The van der Waals surface area contributed by atoms with Crippen LogP contribution in [-0.4, -0.2) is 9.78 Å². The number of aryl methyl sites for hydroxylation is 1. The van der Waals surface area contributed by atoms with Gasteiger partial charge in [0.1, 0.15) is 5.82 Å².